The maximum atomic E-state index is 5.68. The van der Waals surface area contributed by atoms with Gasteiger partial charge in [-0.2, -0.15) is 0 Å². The molecular weight excluding hydrogens is 264 g/mol. The molecule has 0 atom stereocenters. The Labute approximate surface area is 78.0 Å². The quantitative estimate of drug-likeness (QED) is 0.628. The predicted octanol–water partition coefficient (Wildman–Crippen LogP) is 2.65. The number of benzene rings is 1. The average Bonchev–Trinajstić information content (AvgIpc) is 1.95. The molecule has 0 aliphatic heterocycles. The Balaban J connectivity index is 3.04. The smallest absolute Gasteiger partial charge is 0.192 e. The highest BCUT2D eigenvalue weighted by Gasteiger charge is 1.96. The normalized spacial score (nSPS) is 9.40. The summed E-state index contributed by atoms with van der Waals surface area (Å²) in [7, 11) is 0. The van der Waals surface area contributed by atoms with E-state index in [0.717, 1.165) is 0 Å². The van der Waals surface area contributed by atoms with Crippen LogP contribution in [0.2, 0.25) is 5.02 Å². The SMILES string of the molecule is Nc1ccc(OI)cc1Cl. The van der Waals surface area contributed by atoms with Gasteiger partial charge in [-0.1, -0.05) is 11.6 Å². The minimum Gasteiger partial charge on any atom is -0.428 e. The van der Waals surface area contributed by atoms with E-state index in [1.165, 1.54) is 0 Å². The van der Waals surface area contributed by atoms with Crippen LogP contribution in [0, 0.1) is 0 Å². The van der Waals surface area contributed by atoms with Crippen LogP contribution in [0.5, 0.6) is 5.75 Å². The molecule has 0 spiro atoms. The lowest BCUT2D eigenvalue weighted by atomic mass is 10.3. The van der Waals surface area contributed by atoms with Crippen molar-refractivity contribution in [1.29, 1.82) is 0 Å². The van der Waals surface area contributed by atoms with Crippen molar-refractivity contribution in [2.45, 2.75) is 0 Å². The summed E-state index contributed by atoms with van der Waals surface area (Å²) in [5, 5.41) is 0.522. The van der Waals surface area contributed by atoms with Gasteiger partial charge in [0.1, 0.15) is 5.75 Å². The largest absolute Gasteiger partial charge is 0.428 e. The molecule has 1 rings (SSSR count). The molecular formula is C6H5ClINO. The molecule has 0 amide bonds. The molecule has 0 unspecified atom stereocenters. The molecule has 54 valence electrons. The van der Waals surface area contributed by atoms with E-state index in [-0.39, 0.29) is 0 Å². The number of halogens is 2. The van der Waals surface area contributed by atoms with Crippen LogP contribution in [-0.2, 0) is 0 Å². The van der Waals surface area contributed by atoms with Gasteiger partial charge in [0.05, 0.1) is 10.7 Å². The summed E-state index contributed by atoms with van der Waals surface area (Å²) in [5.41, 5.74) is 6.02. The van der Waals surface area contributed by atoms with Gasteiger partial charge in [0.15, 0.2) is 23.0 Å². The molecule has 2 nitrogen and oxygen atoms in total. The molecule has 4 heteroatoms. The lowest BCUT2D eigenvalue weighted by molar-refractivity contribution is 0.717. The first-order valence-electron chi connectivity index (χ1n) is 2.57. The van der Waals surface area contributed by atoms with E-state index in [2.05, 4.69) is 0 Å². The molecule has 0 aliphatic carbocycles. The maximum absolute atomic E-state index is 5.68. The first kappa shape index (κ1) is 7.94. The average molecular weight is 269 g/mol. The van der Waals surface area contributed by atoms with Gasteiger partial charge in [0.25, 0.3) is 0 Å². The summed E-state index contributed by atoms with van der Waals surface area (Å²) in [4.78, 5) is 0. The van der Waals surface area contributed by atoms with Crippen molar-refractivity contribution >= 4 is 40.3 Å². The Kier molecular flexibility index (Phi) is 2.62. The number of nitrogen functional groups attached to an aromatic ring is 1. The van der Waals surface area contributed by atoms with E-state index in [1.807, 2.05) is 0 Å². The molecule has 1 aromatic rings. The molecule has 0 fully saturated rings. The van der Waals surface area contributed by atoms with Gasteiger partial charge in [-0.25, -0.2) is 0 Å². The van der Waals surface area contributed by atoms with Crippen LogP contribution in [0.25, 0.3) is 0 Å². The summed E-state index contributed by atoms with van der Waals surface area (Å²) in [6.45, 7) is 0. The molecule has 0 saturated heterocycles. The lowest BCUT2D eigenvalue weighted by Crippen LogP contribution is -1.85. The Bertz CT molecular complexity index is 241. The van der Waals surface area contributed by atoms with Crippen molar-refractivity contribution < 1.29 is 3.07 Å². The number of hydrogen-bond donors (Lipinski definition) is 1. The van der Waals surface area contributed by atoms with E-state index in [4.69, 9.17) is 20.4 Å². The number of hydrogen-bond acceptors (Lipinski definition) is 2. The predicted molar refractivity (Wildman–Crippen MR) is 50.5 cm³/mol. The zero-order chi connectivity index (χ0) is 7.56. The van der Waals surface area contributed by atoms with E-state index in [9.17, 15) is 0 Å². The monoisotopic (exact) mass is 269 g/mol. The Morgan fingerprint density at radius 3 is 2.70 bits per heavy atom. The van der Waals surface area contributed by atoms with Crippen molar-refractivity contribution in [3.8, 4) is 5.75 Å². The second kappa shape index (κ2) is 3.30. The van der Waals surface area contributed by atoms with Crippen LogP contribution in [0.4, 0.5) is 5.69 Å². The molecule has 1 aromatic carbocycles. The second-order valence-electron chi connectivity index (χ2n) is 1.76. The van der Waals surface area contributed by atoms with Gasteiger partial charge in [-0.05, 0) is 12.1 Å². The third-order valence-corrected chi connectivity index (χ3v) is 1.90. The van der Waals surface area contributed by atoms with E-state index in [1.54, 1.807) is 41.2 Å². The summed E-state index contributed by atoms with van der Waals surface area (Å²) < 4.78 is 4.88. The Morgan fingerprint density at radius 1 is 1.50 bits per heavy atom. The van der Waals surface area contributed by atoms with Crippen LogP contribution in [0.3, 0.4) is 0 Å². The Morgan fingerprint density at radius 2 is 2.20 bits per heavy atom. The number of anilines is 1. The van der Waals surface area contributed by atoms with Crippen LogP contribution in [0.15, 0.2) is 18.2 Å². The fourth-order valence-corrected chi connectivity index (χ4v) is 1.00. The molecule has 10 heavy (non-hydrogen) atoms. The van der Waals surface area contributed by atoms with E-state index in [0.29, 0.717) is 16.5 Å². The lowest BCUT2D eigenvalue weighted by Gasteiger charge is -1.98. The Hall–Kier alpha value is -0.160. The van der Waals surface area contributed by atoms with Gasteiger partial charge in [-0.15, -0.1) is 0 Å². The van der Waals surface area contributed by atoms with Crippen molar-refractivity contribution in [3.63, 3.8) is 0 Å². The van der Waals surface area contributed by atoms with Crippen molar-refractivity contribution in [2.24, 2.45) is 0 Å². The molecule has 0 saturated carbocycles. The van der Waals surface area contributed by atoms with Crippen molar-refractivity contribution in [3.05, 3.63) is 23.2 Å². The number of nitrogens with two attached hydrogens (primary N) is 1. The third-order valence-electron chi connectivity index (χ3n) is 1.06. The van der Waals surface area contributed by atoms with Crippen LogP contribution < -0.4 is 8.80 Å². The summed E-state index contributed by atoms with van der Waals surface area (Å²) >= 11 is 7.47. The summed E-state index contributed by atoms with van der Waals surface area (Å²) in [5.74, 6) is 0.708. The van der Waals surface area contributed by atoms with E-state index < -0.39 is 0 Å². The maximum Gasteiger partial charge on any atom is 0.192 e. The topological polar surface area (TPSA) is 35.2 Å². The minimum atomic E-state index is 0.522. The highest BCUT2D eigenvalue weighted by molar-refractivity contribution is 14.1. The highest BCUT2D eigenvalue weighted by atomic mass is 127. The van der Waals surface area contributed by atoms with Crippen molar-refractivity contribution in [2.75, 3.05) is 5.73 Å². The first-order chi connectivity index (χ1) is 4.74. The zero-order valence-corrected chi connectivity index (χ0v) is 7.89. The van der Waals surface area contributed by atoms with Gasteiger partial charge < -0.3 is 8.80 Å². The first-order valence-corrected chi connectivity index (χ1v) is 3.83. The van der Waals surface area contributed by atoms with Crippen LogP contribution in [0.1, 0.15) is 0 Å². The highest BCUT2D eigenvalue weighted by Crippen LogP contribution is 2.24. The molecule has 0 radical (unpaired) electrons. The summed E-state index contributed by atoms with van der Waals surface area (Å²) in [6, 6.07) is 5.13. The summed E-state index contributed by atoms with van der Waals surface area (Å²) in [6.07, 6.45) is 0. The molecule has 2 N–H and O–H groups in total. The van der Waals surface area contributed by atoms with Crippen molar-refractivity contribution in [1.82, 2.24) is 0 Å². The minimum absolute atomic E-state index is 0.522. The van der Waals surface area contributed by atoms with Gasteiger partial charge in [0.2, 0.25) is 0 Å². The second-order valence-corrected chi connectivity index (χ2v) is 2.61. The van der Waals surface area contributed by atoms with Gasteiger partial charge >= 0.3 is 0 Å². The molecule has 0 bridgehead atoms. The zero-order valence-electron chi connectivity index (χ0n) is 4.97. The van der Waals surface area contributed by atoms with Crippen LogP contribution in [-0.4, -0.2) is 0 Å². The fourth-order valence-electron chi connectivity index (χ4n) is 0.556. The fraction of sp³-hybridized carbons (Fsp3) is 0. The van der Waals surface area contributed by atoms with Gasteiger partial charge in [0, 0.05) is 6.07 Å². The van der Waals surface area contributed by atoms with Gasteiger partial charge in [-0.3, -0.25) is 0 Å². The standard InChI is InChI=1S/C6H5ClINO/c7-5-3-4(10-8)1-2-6(5)9/h1-3H,9H2. The number of rotatable bonds is 1. The molecule has 0 aliphatic rings. The van der Waals surface area contributed by atoms with Crippen LogP contribution >= 0.6 is 34.6 Å². The van der Waals surface area contributed by atoms with E-state index >= 15 is 0 Å². The third kappa shape index (κ3) is 1.67. The molecule has 0 heterocycles. The molecule has 0 aromatic heterocycles.